The molecule has 1 aliphatic heterocycles. The zero-order valence-electron chi connectivity index (χ0n) is 11.9. The third kappa shape index (κ3) is 1.91. The number of nitrogens with zero attached hydrogens (tertiary/aromatic N) is 1. The lowest BCUT2D eigenvalue weighted by Crippen LogP contribution is -2.41. The summed E-state index contributed by atoms with van der Waals surface area (Å²) in [5.41, 5.74) is 1.04. The number of pyridine rings is 1. The summed E-state index contributed by atoms with van der Waals surface area (Å²) in [6.45, 7) is 9.98. The third-order valence-electron chi connectivity index (χ3n) is 4.16. The molecule has 1 fully saturated rings. The number of aromatic nitrogens is 1. The first-order valence-electron chi connectivity index (χ1n) is 6.18. The Morgan fingerprint density at radius 1 is 1.11 bits per heavy atom. The van der Waals surface area contributed by atoms with Gasteiger partial charge in [0.1, 0.15) is 0 Å². The van der Waals surface area contributed by atoms with Gasteiger partial charge in [-0.05, 0) is 34.6 Å². The molecule has 0 aromatic carbocycles. The van der Waals surface area contributed by atoms with Crippen molar-refractivity contribution in [2.75, 3.05) is 0 Å². The smallest absolute Gasteiger partial charge is 0.399 e. The second-order valence-corrected chi connectivity index (χ2v) is 5.86. The van der Waals surface area contributed by atoms with E-state index in [0.717, 1.165) is 11.2 Å². The first-order chi connectivity index (χ1) is 8.16. The molecular weight excluding hydrogens is 229 g/mol. The van der Waals surface area contributed by atoms with Gasteiger partial charge < -0.3 is 13.9 Å². The van der Waals surface area contributed by atoms with Gasteiger partial charge in [0.2, 0.25) is 5.56 Å². The molecule has 98 valence electrons. The Balaban J connectivity index is 2.42. The zero-order chi connectivity index (χ0) is 13.7. The van der Waals surface area contributed by atoms with Gasteiger partial charge in [-0.3, -0.25) is 4.79 Å². The fourth-order valence-corrected chi connectivity index (χ4v) is 1.97. The SMILES string of the molecule is Cc1c(B2OC(C)(C)C(C)(C)O2)ccc(=O)n1C. The van der Waals surface area contributed by atoms with Crippen LogP contribution >= 0.6 is 0 Å². The summed E-state index contributed by atoms with van der Waals surface area (Å²) in [6.07, 6.45) is 0. The van der Waals surface area contributed by atoms with Crippen LogP contribution < -0.4 is 11.0 Å². The minimum Gasteiger partial charge on any atom is -0.399 e. The molecule has 4 nitrogen and oxygen atoms in total. The highest BCUT2D eigenvalue weighted by atomic mass is 16.7. The van der Waals surface area contributed by atoms with E-state index in [2.05, 4.69) is 0 Å². The average molecular weight is 249 g/mol. The molecule has 1 aliphatic rings. The zero-order valence-corrected chi connectivity index (χ0v) is 11.9. The molecule has 0 atom stereocenters. The van der Waals surface area contributed by atoms with Gasteiger partial charge in [-0.25, -0.2) is 0 Å². The molecule has 0 bridgehead atoms. The summed E-state index contributed by atoms with van der Waals surface area (Å²) >= 11 is 0. The van der Waals surface area contributed by atoms with E-state index in [1.165, 1.54) is 0 Å². The highest BCUT2D eigenvalue weighted by Crippen LogP contribution is 2.36. The Morgan fingerprint density at radius 2 is 1.61 bits per heavy atom. The van der Waals surface area contributed by atoms with Crippen molar-refractivity contribution in [3.8, 4) is 0 Å². The lowest BCUT2D eigenvalue weighted by atomic mass is 9.78. The Bertz CT molecular complexity index is 518. The summed E-state index contributed by atoms with van der Waals surface area (Å²) < 4.78 is 13.6. The number of rotatable bonds is 1. The van der Waals surface area contributed by atoms with Gasteiger partial charge in [-0.2, -0.15) is 0 Å². The maximum atomic E-state index is 11.5. The van der Waals surface area contributed by atoms with E-state index >= 15 is 0 Å². The van der Waals surface area contributed by atoms with Gasteiger partial charge in [-0.1, -0.05) is 6.07 Å². The third-order valence-corrected chi connectivity index (χ3v) is 4.16. The molecule has 2 heterocycles. The molecule has 2 rings (SSSR count). The first-order valence-corrected chi connectivity index (χ1v) is 6.18. The maximum absolute atomic E-state index is 11.5. The molecule has 0 N–H and O–H groups in total. The van der Waals surface area contributed by atoms with E-state index < -0.39 is 7.12 Å². The molecule has 0 unspecified atom stereocenters. The van der Waals surface area contributed by atoms with Crippen LogP contribution in [0.5, 0.6) is 0 Å². The van der Waals surface area contributed by atoms with Crippen LogP contribution in [0.2, 0.25) is 0 Å². The monoisotopic (exact) mass is 249 g/mol. The first kappa shape index (κ1) is 13.4. The Kier molecular flexibility index (Phi) is 2.95. The van der Waals surface area contributed by atoms with E-state index in [0.29, 0.717) is 0 Å². The Morgan fingerprint density at radius 3 is 2.11 bits per heavy atom. The van der Waals surface area contributed by atoms with Crippen molar-refractivity contribution in [1.82, 2.24) is 4.57 Å². The summed E-state index contributed by atoms with van der Waals surface area (Å²) in [5, 5.41) is 0. The van der Waals surface area contributed by atoms with Crippen LogP contribution in [0.1, 0.15) is 33.4 Å². The van der Waals surface area contributed by atoms with Crippen LogP contribution in [0.3, 0.4) is 0 Å². The normalized spacial score (nSPS) is 21.3. The van der Waals surface area contributed by atoms with Crippen molar-refractivity contribution in [3.63, 3.8) is 0 Å². The Hall–Kier alpha value is -1.07. The molecule has 1 aromatic heterocycles. The van der Waals surface area contributed by atoms with Crippen molar-refractivity contribution < 1.29 is 9.31 Å². The van der Waals surface area contributed by atoms with E-state index in [-0.39, 0.29) is 16.8 Å². The fraction of sp³-hybridized carbons (Fsp3) is 0.615. The molecule has 5 heteroatoms. The summed E-state index contributed by atoms with van der Waals surface area (Å²) in [5.74, 6) is 0. The van der Waals surface area contributed by atoms with E-state index in [1.807, 2.05) is 34.6 Å². The highest BCUT2D eigenvalue weighted by molar-refractivity contribution is 6.62. The van der Waals surface area contributed by atoms with Crippen molar-refractivity contribution in [2.45, 2.75) is 45.8 Å². The van der Waals surface area contributed by atoms with Gasteiger partial charge in [0.25, 0.3) is 0 Å². The van der Waals surface area contributed by atoms with Crippen LogP contribution in [0.4, 0.5) is 0 Å². The second-order valence-electron chi connectivity index (χ2n) is 5.86. The summed E-state index contributed by atoms with van der Waals surface area (Å²) in [7, 11) is 1.34. The summed E-state index contributed by atoms with van der Waals surface area (Å²) in [6, 6.07) is 3.34. The Labute approximate surface area is 108 Å². The molecular formula is C13H20BNO3. The average Bonchev–Trinajstić information content (AvgIpc) is 2.45. The number of hydrogen-bond donors (Lipinski definition) is 0. The molecule has 0 radical (unpaired) electrons. The largest absolute Gasteiger partial charge is 0.496 e. The lowest BCUT2D eigenvalue weighted by Gasteiger charge is -2.32. The molecule has 1 saturated heterocycles. The molecule has 1 aromatic rings. The minimum absolute atomic E-state index is 0.0206. The van der Waals surface area contributed by atoms with Crippen LogP contribution in [0.25, 0.3) is 0 Å². The molecule has 0 saturated carbocycles. The highest BCUT2D eigenvalue weighted by Gasteiger charge is 2.52. The predicted octanol–water partition coefficient (Wildman–Crippen LogP) is 0.993. The topological polar surface area (TPSA) is 40.5 Å². The van der Waals surface area contributed by atoms with Crippen molar-refractivity contribution in [2.24, 2.45) is 7.05 Å². The molecule has 0 spiro atoms. The predicted molar refractivity (Wildman–Crippen MR) is 72.1 cm³/mol. The van der Waals surface area contributed by atoms with Crippen molar-refractivity contribution in [1.29, 1.82) is 0 Å². The van der Waals surface area contributed by atoms with E-state index in [4.69, 9.17) is 9.31 Å². The number of hydrogen-bond acceptors (Lipinski definition) is 3. The van der Waals surface area contributed by atoms with Gasteiger partial charge in [0, 0.05) is 24.3 Å². The van der Waals surface area contributed by atoms with Crippen LogP contribution in [-0.2, 0) is 16.4 Å². The van der Waals surface area contributed by atoms with Gasteiger partial charge in [0.05, 0.1) is 11.2 Å². The standard InChI is InChI=1S/C13H20BNO3/c1-9-10(7-8-11(16)15(9)6)14-17-12(2,3)13(4,5)18-14/h7-8H,1-6H3. The second kappa shape index (κ2) is 3.97. The van der Waals surface area contributed by atoms with Crippen LogP contribution in [0.15, 0.2) is 16.9 Å². The lowest BCUT2D eigenvalue weighted by molar-refractivity contribution is 0.00578. The molecule has 0 aliphatic carbocycles. The minimum atomic E-state index is -0.415. The fourth-order valence-electron chi connectivity index (χ4n) is 1.97. The van der Waals surface area contributed by atoms with Crippen LogP contribution in [0, 0.1) is 6.92 Å². The molecule has 18 heavy (non-hydrogen) atoms. The maximum Gasteiger partial charge on any atom is 0.496 e. The van der Waals surface area contributed by atoms with Gasteiger partial charge in [0.15, 0.2) is 0 Å². The van der Waals surface area contributed by atoms with Crippen molar-refractivity contribution >= 4 is 12.6 Å². The molecule has 0 amide bonds. The van der Waals surface area contributed by atoms with E-state index in [9.17, 15) is 4.79 Å². The van der Waals surface area contributed by atoms with Crippen LogP contribution in [-0.4, -0.2) is 22.9 Å². The summed E-state index contributed by atoms with van der Waals surface area (Å²) in [4.78, 5) is 11.5. The van der Waals surface area contributed by atoms with Gasteiger partial charge in [-0.15, -0.1) is 0 Å². The van der Waals surface area contributed by atoms with Crippen molar-refractivity contribution in [3.05, 3.63) is 28.2 Å². The quantitative estimate of drug-likeness (QED) is 0.697. The van der Waals surface area contributed by atoms with Gasteiger partial charge >= 0.3 is 7.12 Å². The van der Waals surface area contributed by atoms with E-state index in [1.54, 1.807) is 23.7 Å².